The van der Waals surface area contributed by atoms with Gasteiger partial charge in [0.1, 0.15) is 12.3 Å². The van der Waals surface area contributed by atoms with Crippen LogP contribution in [0.25, 0.3) is 0 Å². The Morgan fingerprint density at radius 3 is 2.53 bits per heavy atom. The van der Waals surface area contributed by atoms with Crippen LogP contribution in [0.4, 0.5) is 0 Å². The molecule has 8 nitrogen and oxygen atoms in total. The predicted molar refractivity (Wildman–Crippen MR) is 127 cm³/mol. The Balaban J connectivity index is 1.40. The smallest absolute Gasteiger partial charge is 0.292 e. The van der Waals surface area contributed by atoms with E-state index in [0.29, 0.717) is 11.1 Å². The summed E-state index contributed by atoms with van der Waals surface area (Å²) < 4.78 is 0. The lowest BCUT2D eigenvalue weighted by Gasteiger charge is -2.26. The molecule has 1 aromatic heterocycles. The monoisotopic (exact) mass is 481 g/mol. The van der Waals surface area contributed by atoms with E-state index < -0.39 is 17.7 Å². The van der Waals surface area contributed by atoms with Crippen molar-refractivity contribution in [3.8, 4) is 0 Å². The van der Waals surface area contributed by atoms with Gasteiger partial charge >= 0.3 is 0 Å². The fourth-order valence-corrected chi connectivity index (χ4v) is 5.24. The molecule has 178 valence electrons. The van der Waals surface area contributed by atoms with Crippen molar-refractivity contribution in [2.75, 3.05) is 7.05 Å². The number of fused-ring (bicyclic) bond motifs is 1. The zero-order chi connectivity index (χ0) is 24.5. The van der Waals surface area contributed by atoms with Gasteiger partial charge in [0, 0.05) is 35.8 Å². The first-order valence-corrected chi connectivity index (χ1v) is 12.2. The largest absolute Gasteiger partial charge is 0.357 e. The van der Waals surface area contributed by atoms with E-state index in [1.165, 1.54) is 28.8 Å². The highest BCUT2D eigenvalue weighted by atomic mass is 32.1. The molecular formula is C25H27N3O5S. The second kappa shape index (κ2) is 9.50. The molecule has 1 fully saturated rings. The molecule has 1 aromatic carbocycles. The minimum absolute atomic E-state index is 0.112. The first-order chi connectivity index (χ1) is 16.3. The number of carbonyl (C=O) groups excluding carboxylic acids is 5. The molecule has 0 saturated heterocycles. The van der Waals surface area contributed by atoms with Gasteiger partial charge in [-0.3, -0.25) is 19.2 Å². The summed E-state index contributed by atoms with van der Waals surface area (Å²) in [4.78, 5) is 63.3. The Labute approximate surface area is 201 Å². The summed E-state index contributed by atoms with van der Waals surface area (Å²) in [6, 6.07) is 6.46. The van der Waals surface area contributed by atoms with Crippen LogP contribution in [0.1, 0.15) is 69.3 Å². The molecule has 2 heterocycles. The highest BCUT2D eigenvalue weighted by Crippen LogP contribution is 2.47. The minimum atomic E-state index is -0.745. The predicted octanol–water partition coefficient (Wildman–Crippen LogP) is 2.35. The van der Waals surface area contributed by atoms with Crippen LogP contribution in [0.5, 0.6) is 0 Å². The van der Waals surface area contributed by atoms with Crippen molar-refractivity contribution < 1.29 is 24.0 Å². The summed E-state index contributed by atoms with van der Waals surface area (Å²) in [7, 11) is 1.49. The molecule has 0 spiro atoms. The minimum Gasteiger partial charge on any atom is -0.357 e. The number of hydrogen-bond acceptors (Lipinski definition) is 6. The fourth-order valence-electron chi connectivity index (χ4n) is 4.27. The molecule has 1 saturated carbocycles. The van der Waals surface area contributed by atoms with Crippen LogP contribution in [0.2, 0.25) is 0 Å². The molecule has 1 atom stereocenters. The van der Waals surface area contributed by atoms with Crippen LogP contribution in [-0.2, 0) is 32.9 Å². The fraction of sp³-hybridized carbons (Fsp3) is 0.400. The van der Waals surface area contributed by atoms with E-state index in [1.807, 2.05) is 12.1 Å². The van der Waals surface area contributed by atoms with Crippen LogP contribution >= 0.6 is 11.3 Å². The molecular weight excluding hydrogens is 454 g/mol. The first-order valence-electron chi connectivity index (χ1n) is 11.3. The number of benzene rings is 1. The molecule has 2 aliphatic rings. The summed E-state index contributed by atoms with van der Waals surface area (Å²) >= 11 is 1.33. The van der Waals surface area contributed by atoms with Gasteiger partial charge in [0.15, 0.2) is 0 Å². The number of Topliss-reactive ketones (excluding diaryl/α,β-unsaturated/α-hetero) is 1. The summed E-state index contributed by atoms with van der Waals surface area (Å²) in [5.74, 6) is -1.91. The normalized spacial score (nSPS) is 16.5. The number of rotatable bonds is 10. The Bertz CT molecular complexity index is 1150. The molecule has 4 rings (SSSR count). The molecule has 1 aliphatic heterocycles. The van der Waals surface area contributed by atoms with Crippen molar-refractivity contribution in [1.29, 1.82) is 0 Å². The topological polar surface area (TPSA) is 113 Å². The van der Waals surface area contributed by atoms with E-state index in [9.17, 15) is 24.0 Å². The Kier molecular flexibility index (Phi) is 6.65. The highest BCUT2D eigenvalue weighted by Gasteiger charge is 2.39. The third-order valence-electron chi connectivity index (χ3n) is 6.74. The molecule has 0 radical (unpaired) electrons. The lowest BCUT2D eigenvalue weighted by atomic mass is 9.96. The lowest BCUT2D eigenvalue weighted by Crippen LogP contribution is -2.46. The maximum Gasteiger partial charge on any atom is 0.292 e. The van der Waals surface area contributed by atoms with Crippen LogP contribution in [-0.4, -0.2) is 47.8 Å². The summed E-state index contributed by atoms with van der Waals surface area (Å²) in [6.45, 7) is 2.51. The average Bonchev–Trinajstić information content (AvgIpc) is 3.35. The van der Waals surface area contributed by atoms with Gasteiger partial charge in [-0.05, 0) is 35.8 Å². The van der Waals surface area contributed by atoms with Gasteiger partial charge in [0.2, 0.25) is 11.7 Å². The zero-order valence-corrected chi connectivity index (χ0v) is 20.0. The molecule has 34 heavy (non-hydrogen) atoms. The number of carbonyl (C=O) groups is 5. The van der Waals surface area contributed by atoms with Gasteiger partial charge in [-0.15, -0.1) is 11.3 Å². The van der Waals surface area contributed by atoms with Gasteiger partial charge < -0.3 is 20.3 Å². The summed E-state index contributed by atoms with van der Waals surface area (Å²) in [5.41, 5.74) is 2.94. The molecule has 1 unspecified atom stereocenters. The van der Waals surface area contributed by atoms with E-state index in [4.69, 9.17) is 0 Å². The van der Waals surface area contributed by atoms with Gasteiger partial charge in [0.05, 0.1) is 12.1 Å². The summed E-state index contributed by atoms with van der Waals surface area (Å²) in [5, 5.41) is 6.92. The third kappa shape index (κ3) is 4.52. The second-order valence-corrected chi connectivity index (χ2v) is 9.97. The van der Waals surface area contributed by atoms with Crippen LogP contribution in [0, 0.1) is 0 Å². The average molecular weight is 482 g/mol. The van der Waals surface area contributed by atoms with E-state index in [0.717, 1.165) is 29.6 Å². The maximum atomic E-state index is 12.9. The Hall–Kier alpha value is -3.33. The van der Waals surface area contributed by atoms with Crippen molar-refractivity contribution in [3.05, 3.63) is 56.8 Å². The number of nitrogens with one attached hydrogen (secondary N) is 2. The maximum absolute atomic E-state index is 12.9. The number of likely N-dealkylation sites (N-methyl/N-ethyl adjacent to an activating group) is 1. The van der Waals surface area contributed by atoms with Gasteiger partial charge in [-0.1, -0.05) is 31.2 Å². The van der Waals surface area contributed by atoms with Crippen molar-refractivity contribution in [2.24, 2.45) is 0 Å². The first kappa shape index (κ1) is 23.8. The van der Waals surface area contributed by atoms with Crippen molar-refractivity contribution in [3.63, 3.8) is 0 Å². The SMILES string of the molecule is CNC(=O)C(CCC=O)N1Cc2c(csc2CNC(=O)C(=O)c2ccc(C3(C)CC3)cc2)C1=O. The van der Waals surface area contributed by atoms with E-state index in [2.05, 4.69) is 17.6 Å². The zero-order valence-electron chi connectivity index (χ0n) is 19.2. The van der Waals surface area contributed by atoms with Gasteiger partial charge in [-0.25, -0.2) is 0 Å². The van der Waals surface area contributed by atoms with E-state index in [1.54, 1.807) is 17.5 Å². The molecule has 2 aromatic rings. The number of nitrogens with zero attached hydrogens (tertiary/aromatic N) is 1. The lowest BCUT2D eigenvalue weighted by molar-refractivity contribution is -0.125. The Morgan fingerprint density at radius 1 is 1.21 bits per heavy atom. The van der Waals surface area contributed by atoms with E-state index >= 15 is 0 Å². The van der Waals surface area contributed by atoms with Gasteiger partial charge in [-0.2, -0.15) is 0 Å². The number of thiophene rings is 1. The number of hydrogen-bond donors (Lipinski definition) is 2. The van der Waals surface area contributed by atoms with Crippen molar-refractivity contribution in [1.82, 2.24) is 15.5 Å². The number of aldehydes is 1. The number of amides is 3. The Morgan fingerprint density at radius 2 is 1.91 bits per heavy atom. The van der Waals surface area contributed by atoms with Crippen LogP contribution in [0.3, 0.4) is 0 Å². The quantitative estimate of drug-likeness (QED) is 0.307. The van der Waals surface area contributed by atoms with Gasteiger partial charge in [0.25, 0.3) is 11.8 Å². The van der Waals surface area contributed by atoms with Crippen molar-refractivity contribution >= 4 is 41.1 Å². The van der Waals surface area contributed by atoms with E-state index in [-0.39, 0.29) is 43.2 Å². The van der Waals surface area contributed by atoms with Crippen LogP contribution < -0.4 is 10.6 Å². The molecule has 3 amide bonds. The number of ketones is 1. The molecule has 0 bridgehead atoms. The standard InChI is InChI=1S/C25H27N3O5S/c1-25(9-10-25)16-7-5-15(6-8-16)21(30)23(32)27-12-20-17-13-28(24(33)18(17)14-34-20)19(4-3-11-29)22(31)26-2/h5-8,11,14,19H,3-4,9-10,12-13H2,1-2H3,(H,26,31)(H,27,32). The second-order valence-electron chi connectivity index (χ2n) is 9.01. The third-order valence-corrected chi connectivity index (χ3v) is 7.77. The summed E-state index contributed by atoms with van der Waals surface area (Å²) in [6.07, 6.45) is 3.39. The van der Waals surface area contributed by atoms with Crippen LogP contribution in [0.15, 0.2) is 29.6 Å². The molecule has 9 heteroatoms. The molecule has 1 aliphatic carbocycles. The highest BCUT2D eigenvalue weighted by molar-refractivity contribution is 7.10. The molecule has 2 N–H and O–H groups in total. The van der Waals surface area contributed by atoms with Crippen molar-refractivity contribution in [2.45, 2.75) is 57.2 Å².